The summed E-state index contributed by atoms with van der Waals surface area (Å²) < 4.78 is 5.51. The first kappa shape index (κ1) is 18.1. The number of nitrogens with one attached hydrogen (secondary N) is 1. The van der Waals surface area contributed by atoms with Crippen molar-refractivity contribution in [2.24, 2.45) is 5.92 Å². The van der Waals surface area contributed by atoms with Crippen LogP contribution in [0.4, 0.5) is 0 Å². The molecule has 1 aliphatic heterocycles. The number of methoxy groups -OCH3 is 1. The molecule has 2 fully saturated rings. The minimum absolute atomic E-state index is 0.136. The zero-order valence-electron chi connectivity index (χ0n) is 16.0. The van der Waals surface area contributed by atoms with Gasteiger partial charge in [0.1, 0.15) is 5.75 Å². The van der Waals surface area contributed by atoms with Crippen molar-refractivity contribution in [1.29, 1.82) is 0 Å². The molecule has 1 saturated heterocycles. The second-order valence-electron chi connectivity index (χ2n) is 7.76. The van der Waals surface area contributed by atoms with Gasteiger partial charge >= 0.3 is 0 Å². The molecule has 0 bridgehead atoms. The SMILES string of the molecule is COc1ccccc1-c1cccc(CN2CCCC(C(=O)NC3CC3)C2)c1. The normalized spacial score (nSPS) is 20.3. The highest BCUT2D eigenvalue weighted by Gasteiger charge is 2.30. The molecule has 142 valence electrons. The number of amides is 1. The Morgan fingerprint density at radius 1 is 1.15 bits per heavy atom. The molecule has 4 rings (SSSR count). The van der Waals surface area contributed by atoms with E-state index in [2.05, 4.69) is 40.5 Å². The molecular weight excluding hydrogens is 336 g/mol. The predicted octanol–water partition coefficient (Wildman–Crippen LogP) is 3.85. The first-order valence-corrected chi connectivity index (χ1v) is 9.98. The van der Waals surface area contributed by atoms with Gasteiger partial charge in [0.2, 0.25) is 5.91 Å². The Hall–Kier alpha value is -2.33. The summed E-state index contributed by atoms with van der Waals surface area (Å²) in [6.07, 6.45) is 4.40. The van der Waals surface area contributed by atoms with Crippen molar-refractivity contribution in [1.82, 2.24) is 10.2 Å². The number of carbonyl (C=O) groups excluding carboxylic acids is 1. The van der Waals surface area contributed by atoms with Crippen molar-refractivity contribution >= 4 is 5.91 Å². The first-order valence-electron chi connectivity index (χ1n) is 9.98. The van der Waals surface area contributed by atoms with E-state index in [1.807, 2.05) is 18.2 Å². The molecule has 0 aromatic heterocycles. The Balaban J connectivity index is 1.44. The highest BCUT2D eigenvalue weighted by atomic mass is 16.5. The summed E-state index contributed by atoms with van der Waals surface area (Å²) in [6.45, 7) is 2.81. The van der Waals surface area contributed by atoms with Crippen LogP contribution >= 0.6 is 0 Å². The van der Waals surface area contributed by atoms with Gasteiger partial charge in [-0.05, 0) is 55.5 Å². The lowest BCUT2D eigenvalue weighted by Crippen LogP contribution is -2.43. The Bertz CT molecular complexity index is 800. The number of hydrogen-bond donors (Lipinski definition) is 1. The number of para-hydroxylation sites is 1. The number of ether oxygens (including phenoxy) is 1. The minimum Gasteiger partial charge on any atom is -0.496 e. The summed E-state index contributed by atoms with van der Waals surface area (Å²) in [7, 11) is 1.71. The maximum absolute atomic E-state index is 12.4. The van der Waals surface area contributed by atoms with Gasteiger partial charge in [0.15, 0.2) is 0 Å². The fraction of sp³-hybridized carbons (Fsp3) is 0.435. The average Bonchev–Trinajstić information content (AvgIpc) is 3.52. The van der Waals surface area contributed by atoms with Crippen molar-refractivity contribution < 1.29 is 9.53 Å². The van der Waals surface area contributed by atoms with E-state index in [1.54, 1.807) is 7.11 Å². The van der Waals surface area contributed by atoms with Crippen molar-refractivity contribution in [3.05, 3.63) is 54.1 Å². The van der Waals surface area contributed by atoms with Crippen molar-refractivity contribution in [2.45, 2.75) is 38.3 Å². The first-order chi connectivity index (χ1) is 13.2. The zero-order chi connectivity index (χ0) is 18.6. The van der Waals surface area contributed by atoms with Gasteiger partial charge in [0.25, 0.3) is 0 Å². The number of rotatable bonds is 6. The van der Waals surface area contributed by atoms with E-state index in [9.17, 15) is 4.79 Å². The van der Waals surface area contributed by atoms with E-state index >= 15 is 0 Å². The maximum Gasteiger partial charge on any atom is 0.224 e. The summed E-state index contributed by atoms with van der Waals surface area (Å²) in [6, 6.07) is 17.2. The van der Waals surface area contributed by atoms with Crippen LogP contribution in [0, 0.1) is 5.92 Å². The van der Waals surface area contributed by atoms with Gasteiger partial charge in [-0.1, -0.05) is 36.4 Å². The van der Waals surface area contributed by atoms with Gasteiger partial charge in [0, 0.05) is 24.7 Å². The third kappa shape index (κ3) is 4.51. The molecule has 2 aromatic rings. The smallest absolute Gasteiger partial charge is 0.224 e. The van der Waals surface area contributed by atoms with Crippen molar-refractivity contribution in [2.75, 3.05) is 20.2 Å². The molecule has 0 spiro atoms. The Morgan fingerprint density at radius 3 is 2.81 bits per heavy atom. The molecule has 1 amide bonds. The molecule has 1 atom stereocenters. The van der Waals surface area contributed by atoms with E-state index in [-0.39, 0.29) is 11.8 Å². The fourth-order valence-electron chi connectivity index (χ4n) is 3.94. The van der Waals surface area contributed by atoms with Gasteiger partial charge in [-0.15, -0.1) is 0 Å². The molecule has 1 unspecified atom stereocenters. The number of benzene rings is 2. The van der Waals surface area contributed by atoms with Crippen molar-refractivity contribution in [3.8, 4) is 16.9 Å². The van der Waals surface area contributed by atoms with E-state index in [4.69, 9.17) is 4.74 Å². The number of carbonyl (C=O) groups is 1. The highest BCUT2D eigenvalue weighted by molar-refractivity contribution is 5.79. The van der Waals surface area contributed by atoms with Crippen LogP contribution in [0.3, 0.4) is 0 Å². The lowest BCUT2D eigenvalue weighted by Gasteiger charge is -2.32. The lowest BCUT2D eigenvalue weighted by atomic mass is 9.96. The number of hydrogen-bond acceptors (Lipinski definition) is 3. The van der Waals surface area contributed by atoms with Crippen molar-refractivity contribution in [3.63, 3.8) is 0 Å². The van der Waals surface area contributed by atoms with Crippen LogP contribution in [-0.2, 0) is 11.3 Å². The molecule has 1 heterocycles. The van der Waals surface area contributed by atoms with E-state index in [0.29, 0.717) is 6.04 Å². The molecule has 4 heteroatoms. The summed E-state index contributed by atoms with van der Waals surface area (Å²) in [5.74, 6) is 1.28. The van der Waals surface area contributed by atoms with Crippen LogP contribution in [0.1, 0.15) is 31.2 Å². The summed E-state index contributed by atoms with van der Waals surface area (Å²) >= 11 is 0. The van der Waals surface area contributed by atoms with Crippen LogP contribution in [0.25, 0.3) is 11.1 Å². The lowest BCUT2D eigenvalue weighted by molar-refractivity contribution is -0.126. The summed E-state index contributed by atoms with van der Waals surface area (Å²) in [5.41, 5.74) is 3.56. The Morgan fingerprint density at radius 2 is 2.00 bits per heavy atom. The van der Waals surface area contributed by atoms with Gasteiger partial charge in [0.05, 0.1) is 13.0 Å². The minimum atomic E-state index is 0.136. The third-order valence-corrected chi connectivity index (χ3v) is 5.55. The van der Waals surface area contributed by atoms with Crippen LogP contribution < -0.4 is 10.1 Å². The molecule has 27 heavy (non-hydrogen) atoms. The molecule has 2 aromatic carbocycles. The molecule has 1 aliphatic carbocycles. The second kappa shape index (κ2) is 8.13. The molecule has 4 nitrogen and oxygen atoms in total. The predicted molar refractivity (Wildman–Crippen MR) is 108 cm³/mol. The number of likely N-dealkylation sites (tertiary alicyclic amines) is 1. The topological polar surface area (TPSA) is 41.6 Å². The van der Waals surface area contributed by atoms with Gasteiger partial charge in [-0.25, -0.2) is 0 Å². The fourth-order valence-corrected chi connectivity index (χ4v) is 3.94. The third-order valence-electron chi connectivity index (χ3n) is 5.55. The summed E-state index contributed by atoms with van der Waals surface area (Å²) in [4.78, 5) is 14.8. The Kier molecular flexibility index (Phi) is 5.44. The van der Waals surface area contributed by atoms with Crippen LogP contribution in [-0.4, -0.2) is 37.0 Å². The van der Waals surface area contributed by atoms with Gasteiger partial charge in [-0.3, -0.25) is 9.69 Å². The molecule has 1 saturated carbocycles. The monoisotopic (exact) mass is 364 g/mol. The average molecular weight is 364 g/mol. The second-order valence-corrected chi connectivity index (χ2v) is 7.76. The summed E-state index contributed by atoms with van der Waals surface area (Å²) in [5, 5.41) is 3.17. The zero-order valence-corrected chi connectivity index (χ0v) is 16.0. The molecule has 2 aliphatic rings. The standard InChI is InChI=1S/C23H28N2O2/c1-27-22-10-3-2-9-21(22)18-7-4-6-17(14-18)15-25-13-5-8-19(16-25)23(26)24-20-11-12-20/h2-4,6-7,9-10,14,19-20H,5,8,11-13,15-16H2,1H3,(H,24,26). The Labute approximate surface area is 161 Å². The van der Waals surface area contributed by atoms with E-state index in [1.165, 1.54) is 11.1 Å². The molecule has 0 radical (unpaired) electrons. The molecular formula is C23H28N2O2. The number of nitrogens with zero attached hydrogens (tertiary/aromatic N) is 1. The maximum atomic E-state index is 12.4. The van der Waals surface area contributed by atoms with E-state index in [0.717, 1.165) is 56.6 Å². The molecule has 1 N–H and O–H groups in total. The van der Waals surface area contributed by atoms with Gasteiger partial charge < -0.3 is 10.1 Å². The van der Waals surface area contributed by atoms with E-state index < -0.39 is 0 Å². The highest BCUT2D eigenvalue weighted by Crippen LogP contribution is 2.30. The van der Waals surface area contributed by atoms with Crippen LogP contribution in [0.5, 0.6) is 5.75 Å². The largest absolute Gasteiger partial charge is 0.496 e. The van der Waals surface area contributed by atoms with Crippen LogP contribution in [0.2, 0.25) is 0 Å². The van der Waals surface area contributed by atoms with Gasteiger partial charge in [-0.2, -0.15) is 0 Å². The number of piperidine rings is 1. The quantitative estimate of drug-likeness (QED) is 0.846. The van der Waals surface area contributed by atoms with Crippen LogP contribution in [0.15, 0.2) is 48.5 Å².